The number of hydrogen-bond donors (Lipinski definition) is 1. The average molecular weight is 656 g/mol. The van der Waals surface area contributed by atoms with Crippen LogP contribution in [0.2, 0.25) is 0 Å². The van der Waals surface area contributed by atoms with Gasteiger partial charge in [-0.25, -0.2) is 4.39 Å². The van der Waals surface area contributed by atoms with Gasteiger partial charge in [0.2, 0.25) is 0 Å². The Hall–Kier alpha value is -2.22. The van der Waals surface area contributed by atoms with Crippen LogP contribution >= 0.6 is 54.5 Å². The largest absolute Gasteiger partial charge is 0.487 e. The van der Waals surface area contributed by atoms with Gasteiger partial charge < -0.3 is 10.1 Å². The van der Waals surface area contributed by atoms with E-state index in [9.17, 15) is 14.4 Å². The number of carbonyl (C=O) groups excluding carboxylic acids is 1. The predicted molar refractivity (Wildman–Crippen MR) is 134 cm³/mol. The number of benzene rings is 3. The van der Waals surface area contributed by atoms with Gasteiger partial charge in [-0.3, -0.25) is 4.79 Å². The van der Waals surface area contributed by atoms with Crippen molar-refractivity contribution in [3.05, 3.63) is 95.7 Å². The molecule has 3 rings (SSSR count). The first kappa shape index (κ1) is 23.4. The van der Waals surface area contributed by atoms with Crippen LogP contribution in [0.3, 0.4) is 0 Å². The van der Waals surface area contributed by atoms with Crippen molar-refractivity contribution in [1.29, 1.82) is 5.26 Å². The van der Waals surface area contributed by atoms with Crippen molar-refractivity contribution in [2.75, 3.05) is 5.32 Å². The molecule has 0 radical (unpaired) electrons. The molecule has 8 heteroatoms. The number of nitrogens with zero attached hydrogens (tertiary/aromatic N) is 1. The van der Waals surface area contributed by atoms with Crippen molar-refractivity contribution in [3.8, 4) is 11.8 Å². The summed E-state index contributed by atoms with van der Waals surface area (Å²) in [4.78, 5) is 12.4. The highest BCUT2D eigenvalue weighted by atomic mass is 127. The second-order valence-corrected chi connectivity index (χ2v) is 9.26. The number of halogens is 4. The van der Waals surface area contributed by atoms with E-state index >= 15 is 0 Å². The van der Waals surface area contributed by atoms with Crippen molar-refractivity contribution in [3.63, 3.8) is 0 Å². The van der Waals surface area contributed by atoms with E-state index in [1.54, 1.807) is 18.2 Å². The van der Waals surface area contributed by atoms with Crippen molar-refractivity contribution in [1.82, 2.24) is 0 Å². The highest BCUT2D eigenvalue weighted by Gasteiger charge is 2.14. The summed E-state index contributed by atoms with van der Waals surface area (Å²) in [6.07, 6.45) is 1.45. The summed E-state index contributed by atoms with van der Waals surface area (Å²) in [6.45, 7) is 0.394. The van der Waals surface area contributed by atoms with Crippen LogP contribution < -0.4 is 10.1 Å². The van der Waals surface area contributed by atoms with Gasteiger partial charge in [-0.2, -0.15) is 5.26 Å². The molecule has 0 aliphatic carbocycles. The third kappa shape index (κ3) is 6.38. The van der Waals surface area contributed by atoms with Gasteiger partial charge in [-0.05, 0) is 92.1 Å². The molecule has 3 aromatic carbocycles. The summed E-state index contributed by atoms with van der Waals surface area (Å²) in [5.41, 5.74) is 1.52. The molecule has 4 nitrogen and oxygen atoms in total. The lowest BCUT2D eigenvalue weighted by Crippen LogP contribution is -2.14. The molecule has 31 heavy (non-hydrogen) atoms. The highest BCUT2D eigenvalue weighted by molar-refractivity contribution is 14.1. The molecule has 0 aliphatic heterocycles. The third-order valence-electron chi connectivity index (χ3n) is 4.12. The van der Waals surface area contributed by atoms with Crippen LogP contribution in [0.15, 0.2) is 75.2 Å². The molecular formula is C23H14Br2FIN2O2. The van der Waals surface area contributed by atoms with Gasteiger partial charge in [0.25, 0.3) is 5.91 Å². The van der Waals surface area contributed by atoms with Crippen LogP contribution in [0.1, 0.15) is 11.1 Å². The Bertz CT molecular complexity index is 1170. The van der Waals surface area contributed by atoms with Crippen LogP contribution in [0.4, 0.5) is 10.1 Å². The fraction of sp³-hybridized carbons (Fsp3) is 0.0435. The lowest BCUT2D eigenvalue weighted by atomic mass is 10.1. The Balaban J connectivity index is 1.78. The Labute approximate surface area is 209 Å². The van der Waals surface area contributed by atoms with E-state index < -0.39 is 11.7 Å². The summed E-state index contributed by atoms with van der Waals surface area (Å²) < 4.78 is 22.2. The van der Waals surface area contributed by atoms with Crippen LogP contribution in [-0.2, 0) is 11.4 Å². The Morgan fingerprint density at radius 3 is 2.52 bits per heavy atom. The van der Waals surface area contributed by atoms with E-state index in [0.29, 0.717) is 22.4 Å². The number of anilines is 1. The maximum absolute atomic E-state index is 13.8. The monoisotopic (exact) mass is 654 g/mol. The summed E-state index contributed by atoms with van der Waals surface area (Å²) in [7, 11) is 0. The second kappa shape index (κ2) is 10.9. The molecule has 1 amide bonds. The van der Waals surface area contributed by atoms with E-state index in [4.69, 9.17) is 4.74 Å². The van der Waals surface area contributed by atoms with Gasteiger partial charge in [0.15, 0.2) is 0 Å². The number of ether oxygens (including phenoxy) is 1. The molecule has 0 bridgehead atoms. The summed E-state index contributed by atoms with van der Waals surface area (Å²) >= 11 is 9.03. The Kier molecular flexibility index (Phi) is 8.23. The van der Waals surface area contributed by atoms with Gasteiger partial charge in [0, 0.05) is 4.47 Å². The molecule has 0 saturated carbocycles. The number of carbonyl (C=O) groups is 1. The highest BCUT2D eigenvalue weighted by Crippen LogP contribution is 2.33. The van der Waals surface area contributed by atoms with Crippen molar-refractivity contribution >= 4 is 72.1 Å². The Morgan fingerprint density at radius 1 is 1.16 bits per heavy atom. The number of rotatable bonds is 6. The van der Waals surface area contributed by atoms with E-state index in [1.165, 1.54) is 24.3 Å². The van der Waals surface area contributed by atoms with Gasteiger partial charge in [-0.15, -0.1) is 0 Å². The lowest BCUT2D eigenvalue weighted by Gasteiger charge is -2.12. The zero-order chi connectivity index (χ0) is 22.4. The minimum absolute atomic E-state index is 0.0149. The molecule has 1 N–H and O–H groups in total. The normalized spacial score (nSPS) is 11.0. The SMILES string of the molecule is N#C/C(=C/c1cc(Br)c(OCc2ccc(Br)cc2)c(I)c1)C(=O)Nc1ccccc1F. The van der Waals surface area contributed by atoms with Gasteiger partial charge in [0.1, 0.15) is 29.8 Å². The fourth-order valence-corrected chi connectivity index (χ4v) is 4.64. The minimum Gasteiger partial charge on any atom is -0.487 e. The zero-order valence-electron chi connectivity index (χ0n) is 15.8. The predicted octanol–water partition coefficient (Wildman–Crippen LogP) is 7.08. The quantitative estimate of drug-likeness (QED) is 0.175. The smallest absolute Gasteiger partial charge is 0.266 e. The number of para-hydroxylation sites is 1. The van der Waals surface area contributed by atoms with Crippen molar-refractivity contribution in [2.45, 2.75) is 6.61 Å². The molecule has 0 aliphatic rings. The minimum atomic E-state index is -0.686. The first-order valence-electron chi connectivity index (χ1n) is 8.91. The zero-order valence-corrected chi connectivity index (χ0v) is 21.2. The number of nitriles is 1. The Morgan fingerprint density at radius 2 is 1.87 bits per heavy atom. The summed E-state index contributed by atoms with van der Waals surface area (Å²) in [5.74, 6) is -0.595. The second-order valence-electron chi connectivity index (χ2n) is 6.33. The summed E-state index contributed by atoms with van der Waals surface area (Å²) in [6, 6.07) is 19.0. The standard InChI is InChI=1S/C23H14Br2FIN2O2/c24-17-7-5-14(6-8-17)13-31-22-18(25)10-15(11-20(22)27)9-16(12-28)23(30)29-21-4-2-1-3-19(21)26/h1-11H,13H2,(H,29,30)/b16-9-. The van der Waals surface area contributed by atoms with E-state index in [2.05, 4.69) is 59.8 Å². The molecule has 0 aromatic heterocycles. The van der Waals surface area contributed by atoms with Crippen LogP contribution in [0.25, 0.3) is 6.08 Å². The van der Waals surface area contributed by atoms with Crippen LogP contribution in [-0.4, -0.2) is 5.91 Å². The first-order valence-corrected chi connectivity index (χ1v) is 11.6. The topological polar surface area (TPSA) is 62.1 Å². The molecule has 0 saturated heterocycles. The molecule has 0 unspecified atom stereocenters. The van der Waals surface area contributed by atoms with Crippen LogP contribution in [0, 0.1) is 20.7 Å². The van der Waals surface area contributed by atoms with E-state index in [0.717, 1.165) is 13.6 Å². The van der Waals surface area contributed by atoms with Gasteiger partial charge >= 0.3 is 0 Å². The third-order valence-corrected chi connectivity index (χ3v) is 6.03. The molecule has 0 heterocycles. The fourth-order valence-electron chi connectivity index (χ4n) is 2.60. The molecule has 0 fully saturated rings. The van der Waals surface area contributed by atoms with Crippen LogP contribution in [0.5, 0.6) is 5.75 Å². The number of hydrogen-bond acceptors (Lipinski definition) is 3. The molecular weight excluding hydrogens is 642 g/mol. The lowest BCUT2D eigenvalue weighted by molar-refractivity contribution is -0.112. The van der Waals surface area contributed by atoms with E-state index in [1.807, 2.05) is 30.3 Å². The molecule has 0 spiro atoms. The molecule has 156 valence electrons. The maximum atomic E-state index is 13.8. The number of nitrogens with one attached hydrogen (secondary N) is 1. The molecule has 3 aromatic rings. The first-order chi connectivity index (χ1) is 14.9. The number of amides is 1. The average Bonchev–Trinajstić information content (AvgIpc) is 2.74. The summed E-state index contributed by atoms with van der Waals surface area (Å²) in [5, 5.41) is 11.8. The van der Waals surface area contributed by atoms with Gasteiger partial charge in [0.05, 0.1) is 13.7 Å². The van der Waals surface area contributed by atoms with E-state index in [-0.39, 0.29) is 11.3 Å². The van der Waals surface area contributed by atoms with Crippen molar-refractivity contribution in [2.24, 2.45) is 0 Å². The maximum Gasteiger partial charge on any atom is 0.266 e. The van der Waals surface area contributed by atoms with Gasteiger partial charge in [-0.1, -0.05) is 40.2 Å². The van der Waals surface area contributed by atoms with Crippen molar-refractivity contribution < 1.29 is 13.9 Å². The molecule has 0 atom stereocenters.